The first-order valence-corrected chi connectivity index (χ1v) is 6.07. The molecular weight excluding hydrogens is 272 g/mol. The van der Waals surface area contributed by atoms with Gasteiger partial charge in [0.15, 0.2) is 0 Å². The first kappa shape index (κ1) is 14.3. The first-order chi connectivity index (χ1) is 10.1. The molecule has 2 rings (SSSR count). The van der Waals surface area contributed by atoms with Crippen molar-refractivity contribution >= 4 is 5.97 Å². The largest absolute Gasteiger partial charge is 0.497 e. The Labute approximate surface area is 120 Å². The van der Waals surface area contributed by atoms with Crippen molar-refractivity contribution in [3.8, 4) is 23.1 Å². The SMILES string of the molecule is COc1cccc(-c2ccc(C#N)c(=O)n2CC(=O)O)c1. The van der Waals surface area contributed by atoms with Gasteiger partial charge < -0.3 is 9.84 Å². The van der Waals surface area contributed by atoms with Crippen LogP contribution in [0, 0.1) is 11.3 Å². The third-order valence-corrected chi connectivity index (χ3v) is 2.95. The predicted octanol–water partition coefficient (Wildman–Crippen LogP) is 1.48. The summed E-state index contributed by atoms with van der Waals surface area (Å²) in [4.78, 5) is 23.1. The van der Waals surface area contributed by atoms with Crippen LogP contribution in [0.25, 0.3) is 11.3 Å². The van der Waals surface area contributed by atoms with Crippen LogP contribution in [0.1, 0.15) is 5.56 Å². The lowest BCUT2D eigenvalue weighted by atomic mass is 10.1. The fraction of sp³-hybridized carbons (Fsp3) is 0.133. The Hall–Kier alpha value is -3.07. The number of hydrogen-bond donors (Lipinski definition) is 1. The topological polar surface area (TPSA) is 92.3 Å². The average molecular weight is 284 g/mol. The molecule has 0 aliphatic carbocycles. The Kier molecular flexibility index (Phi) is 4.05. The zero-order chi connectivity index (χ0) is 15.4. The number of carboxylic acid groups (broad SMARTS) is 1. The van der Waals surface area contributed by atoms with Gasteiger partial charge in [0, 0.05) is 5.56 Å². The Morgan fingerprint density at radius 1 is 1.38 bits per heavy atom. The number of aliphatic carboxylic acids is 1. The number of rotatable bonds is 4. The fourth-order valence-electron chi connectivity index (χ4n) is 1.99. The molecule has 0 unspecified atom stereocenters. The molecule has 0 atom stereocenters. The Morgan fingerprint density at radius 2 is 2.14 bits per heavy atom. The van der Waals surface area contributed by atoms with E-state index in [1.54, 1.807) is 36.4 Å². The Balaban J connectivity index is 2.67. The second kappa shape index (κ2) is 5.92. The average Bonchev–Trinajstić information content (AvgIpc) is 2.49. The summed E-state index contributed by atoms with van der Waals surface area (Å²) in [5.41, 5.74) is 0.334. The number of benzene rings is 1. The van der Waals surface area contributed by atoms with Crippen LogP contribution >= 0.6 is 0 Å². The molecule has 1 aromatic carbocycles. The number of ether oxygens (including phenoxy) is 1. The molecule has 6 heteroatoms. The molecule has 0 aliphatic heterocycles. The van der Waals surface area contributed by atoms with Gasteiger partial charge in [-0.3, -0.25) is 14.2 Å². The molecule has 2 aromatic rings. The molecular formula is C15H12N2O4. The van der Waals surface area contributed by atoms with E-state index in [2.05, 4.69) is 0 Å². The number of pyridine rings is 1. The van der Waals surface area contributed by atoms with Gasteiger partial charge >= 0.3 is 5.97 Å². The summed E-state index contributed by atoms with van der Waals surface area (Å²) >= 11 is 0. The summed E-state index contributed by atoms with van der Waals surface area (Å²) in [5, 5.41) is 17.8. The van der Waals surface area contributed by atoms with Gasteiger partial charge in [0.2, 0.25) is 0 Å². The molecule has 0 fully saturated rings. The second-order valence-electron chi connectivity index (χ2n) is 4.26. The lowest BCUT2D eigenvalue weighted by molar-refractivity contribution is -0.137. The minimum absolute atomic E-state index is 0.0945. The van der Waals surface area contributed by atoms with E-state index in [0.717, 1.165) is 4.57 Å². The zero-order valence-corrected chi connectivity index (χ0v) is 11.2. The molecule has 0 radical (unpaired) electrons. The fourth-order valence-corrected chi connectivity index (χ4v) is 1.99. The third-order valence-electron chi connectivity index (χ3n) is 2.95. The van der Waals surface area contributed by atoms with E-state index in [-0.39, 0.29) is 5.56 Å². The second-order valence-corrected chi connectivity index (χ2v) is 4.26. The molecule has 1 N–H and O–H groups in total. The van der Waals surface area contributed by atoms with E-state index < -0.39 is 18.1 Å². The van der Waals surface area contributed by atoms with E-state index in [4.69, 9.17) is 15.1 Å². The van der Waals surface area contributed by atoms with Crippen LogP contribution in [0.4, 0.5) is 0 Å². The van der Waals surface area contributed by atoms with E-state index in [1.165, 1.54) is 13.2 Å². The number of nitriles is 1. The van der Waals surface area contributed by atoms with Crippen LogP contribution < -0.4 is 10.3 Å². The molecule has 1 aromatic heterocycles. The van der Waals surface area contributed by atoms with Gasteiger partial charge in [-0.25, -0.2) is 0 Å². The number of aromatic nitrogens is 1. The van der Waals surface area contributed by atoms with E-state index in [1.807, 2.05) is 0 Å². The standard InChI is InChI=1S/C15H12N2O4/c1-21-12-4-2-3-10(7-12)13-6-5-11(8-16)15(20)17(13)9-14(18)19/h2-7H,9H2,1H3,(H,18,19). The number of carboxylic acids is 1. The van der Waals surface area contributed by atoms with Crippen molar-refractivity contribution in [2.45, 2.75) is 6.54 Å². The van der Waals surface area contributed by atoms with Gasteiger partial charge in [-0.1, -0.05) is 12.1 Å². The van der Waals surface area contributed by atoms with Crippen LogP contribution in [0.15, 0.2) is 41.2 Å². The highest BCUT2D eigenvalue weighted by atomic mass is 16.5. The number of methoxy groups -OCH3 is 1. The molecule has 0 spiro atoms. The Bertz CT molecular complexity index is 787. The first-order valence-electron chi connectivity index (χ1n) is 6.07. The summed E-state index contributed by atoms with van der Waals surface area (Å²) in [6, 6.07) is 11.6. The summed E-state index contributed by atoms with van der Waals surface area (Å²) in [6.45, 7) is -0.513. The molecule has 106 valence electrons. The van der Waals surface area contributed by atoms with Crippen molar-refractivity contribution in [2.24, 2.45) is 0 Å². The maximum atomic E-state index is 12.1. The third kappa shape index (κ3) is 2.92. The highest BCUT2D eigenvalue weighted by Gasteiger charge is 2.13. The monoisotopic (exact) mass is 284 g/mol. The summed E-state index contributed by atoms with van der Waals surface area (Å²) < 4.78 is 6.18. The molecule has 0 aliphatic rings. The quantitative estimate of drug-likeness (QED) is 0.918. The lowest BCUT2D eigenvalue weighted by Crippen LogP contribution is -2.27. The highest BCUT2D eigenvalue weighted by Crippen LogP contribution is 2.23. The van der Waals surface area contributed by atoms with Gasteiger partial charge in [0.05, 0.1) is 12.8 Å². The van der Waals surface area contributed by atoms with Crippen LogP contribution in [-0.4, -0.2) is 22.8 Å². The van der Waals surface area contributed by atoms with Gasteiger partial charge in [0.25, 0.3) is 5.56 Å². The minimum atomic E-state index is -1.16. The van der Waals surface area contributed by atoms with Crippen molar-refractivity contribution in [1.82, 2.24) is 4.57 Å². The molecule has 0 saturated carbocycles. The smallest absolute Gasteiger partial charge is 0.323 e. The maximum absolute atomic E-state index is 12.1. The van der Waals surface area contributed by atoms with E-state index in [0.29, 0.717) is 17.0 Å². The minimum Gasteiger partial charge on any atom is -0.497 e. The molecule has 0 amide bonds. The summed E-state index contributed by atoms with van der Waals surface area (Å²) in [5.74, 6) is -0.567. The number of nitrogens with zero attached hydrogens (tertiary/aromatic N) is 2. The van der Waals surface area contributed by atoms with Crippen molar-refractivity contribution in [3.05, 3.63) is 52.3 Å². The molecule has 21 heavy (non-hydrogen) atoms. The summed E-state index contributed by atoms with van der Waals surface area (Å²) in [7, 11) is 1.52. The molecule has 1 heterocycles. The van der Waals surface area contributed by atoms with E-state index >= 15 is 0 Å². The predicted molar refractivity (Wildman–Crippen MR) is 75.0 cm³/mol. The van der Waals surface area contributed by atoms with Crippen LogP contribution in [-0.2, 0) is 11.3 Å². The van der Waals surface area contributed by atoms with Crippen LogP contribution in [0.3, 0.4) is 0 Å². The Morgan fingerprint density at radius 3 is 2.76 bits per heavy atom. The normalized spacial score (nSPS) is 9.90. The summed E-state index contributed by atoms with van der Waals surface area (Å²) in [6.07, 6.45) is 0. The van der Waals surface area contributed by atoms with Crippen molar-refractivity contribution < 1.29 is 14.6 Å². The maximum Gasteiger partial charge on any atom is 0.323 e. The zero-order valence-electron chi connectivity index (χ0n) is 11.2. The van der Waals surface area contributed by atoms with Gasteiger partial charge in [-0.2, -0.15) is 5.26 Å². The molecule has 6 nitrogen and oxygen atoms in total. The van der Waals surface area contributed by atoms with Crippen LogP contribution in [0.2, 0.25) is 0 Å². The van der Waals surface area contributed by atoms with Crippen molar-refractivity contribution in [3.63, 3.8) is 0 Å². The lowest BCUT2D eigenvalue weighted by Gasteiger charge is -2.12. The number of carbonyl (C=O) groups is 1. The van der Waals surface area contributed by atoms with Crippen molar-refractivity contribution in [2.75, 3.05) is 7.11 Å². The number of hydrogen-bond acceptors (Lipinski definition) is 4. The van der Waals surface area contributed by atoms with Gasteiger partial charge in [0.1, 0.15) is 23.9 Å². The van der Waals surface area contributed by atoms with Gasteiger partial charge in [-0.15, -0.1) is 0 Å². The molecule has 0 bridgehead atoms. The molecule has 0 saturated heterocycles. The van der Waals surface area contributed by atoms with Gasteiger partial charge in [-0.05, 0) is 24.3 Å². The van der Waals surface area contributed by atoms with E-state index in [9.17, 15) is 9.59 Å². The highest BCUT2D eigenvalue weighted by molar-refractivity contribution is 5.69. The van der Waals surface area contributed by atoms with Crippen molar-refractivity contribution in [1.29, 1.82) is 5.26 Å². The van der Waals surface area contributed by atoms with Crippen LogP contribution in [0.5, 0.6) is 5.75 Å².